The lowest BCUT2D eigenvalue weighted by atomic mass is 10.1. The largest absolute Gasteiger partial charge is 0.422 e. The summed E-state index contributed by atoms with van der Waals surface area (Å²) in [4.78, 5) is 20.8. The molecule has 3 rings (SSSR count). The molecule has 1 aliphatic heterocycles. The van der Waals surface area contributed by atoms with Crippen LogP contribution in [0.5, 0.6) is 5.75 Å². The van der Waals surface area contributed by atoms with Crippen LogP contribution in [0.15, 0.2) is 64.2 Å². The lowest BCUT2D eigenvalue weighted by Crippen LogP contribution is -2.29. The van der Waals surface area contributed by atoms with Gasteiger partial charge in [0.15, 0.2) is 0 Å². The van der Waals surface area contributed by atoms with Crippen LogP contribution in [0.25, 0.3) is 0 Å². The second-order valence-corrected chi connectivity index (χ2v) is 5.70. The molecule has 22 heavy (non-hydrogen) atoms. The Balaban J connectivity index is 1.84. The third kappa shape index (κ3) is 3.23. The van der Waals surface area contributed by atoms with E-state index in [1.807, 2.05) is 25.1 Å². The normalized spacial score (nSPS) is 17.4. The van der Waals surface area contributed by atoms with Gasteiger partial charge in [-0.15, -0.1) is 0 Å². The van der Waals surface area contributed by atoms with E-state index in [4.69, 9.17) is 4.74 Å². The van der Waals surface area contributed by atoms with E-state index in [0.29, 0.717) is 17.0 Å². The van der Waals surface area contributed by atoms with Crippen LogP contribution in [0.1, 0.15) is 17.3 Å². The second-order valence-electron chi connectivity index (χ2n) is 4.60. The molecule has 0 radical (unpaired) electrons. The Morgan fingerprint density at radius 1 is 1.18 bits per heavy atom. The molecule has 0 spiro atoms. The molecule has 0 saturated heterocycles. The van der Waals surface area contributed by atoms with Crippen LogP contribution in [0.2, 0.25) is 0 Å². The number of amidine groups is 1. The van der Waals surface area contributed by atoms with Gasteiger partial charge in [0, 0.05) is 11.8 Å². The zero-order valence-electron chi connectivity index (χ0n) is 11.8. The summed E-state index contributed by atoms with van der Waals surface area (Å²) in [6.07, 6.45) is 3.22. The molecule has 110 valence electrons. The first-order valence-corrected chi connectivity index (χ1v) is 7.58. The molecule has 0 N–H and O–H groups in total. The Labute approximate surface area is 132 Å². The zero-order valence-corrected chi connectivity index (χ0v) is 12.7. The molecule has 5 nitrogen and oxygen atoms in total. The smallest absolute Gasteiger partial charge is 0.329 e. The molecule has 1 aliphatic rings. The van der Waals surface area contributed by atoms with Gasteiger partial charge in [-0.1, -0.05) is 30.3 Å². The highest BCUT2D eigenvalue weighted by Crippen LogP contribution is 2.22. The fourth-order valence-electron chi connectivity index (χ4n) is 1.92. The van der Waals surface area contributed by atoms with Crippen molar-refractivity contribution in [3.63, 3.8) is 0 Å². The van der Waals surface area contributed by atoms with Gasteiger partial charge in [-0.3, -0.25) is 9.78 Å². The van der Waals surface area contributed by atoms with Crippen molar-refractivity contribution < 1.29 is 9.53 Å². The summed E-state index contributed by atoms with van der Waals surface area (Å²) in [5.41, 5.74) is 1.04. The summed E-state index contributed by atoms with van der Waals surface area (Å²) >= 11 is 1.27. The van der Waals surface area contributed by atoms with Gasteiger partial charge in [-0.2, -0.15) is 9.39 Å². The quantitative estimate of drug-likeness (QED) is 0.645. The molecule has 0 saturated carbocycles. The predicted molar refractivity (Wildman–Crippen MR) is 87.6 cm³/mol. The minimum atomic E-state index is -0.117. The predicted octanol–water partition coefficient (Wildman–Crippen LogP) is 3.19. The third-order valence-corrected chi connectivity index (χ3v) is 3.80. The minimum absolute atomic E-state index is 0.109. The topological polar surface area (TPSA) is 63.9 Å². The molecule has 0 fully saturated rings. The number of ether oxygens (including phenoxy) is 1. The molecule has 0 aliphatic carbocycles. The molecule has 1 aromatic heterocycles. The van der Waals surface area contributed by atoms with Crippen LogP contribution in [-0.4, -0.2) is 27.8 Å². The van der Waals surface area contributed by atoms with Gasteiger partial charge < -0.3 is 4.74 Å². The van der Waals surface area contributed by atoms with Crippen molar-refractivity contribution in [2.24, 2.45) is 9.39 Å². The Kier molecular flexibility index (Phi) is 4.29. The first-order chi connectivity index (χ1) is 10.7. The van der Waals surface area contributed by atoms with E-state index in [2.05, 4.69) is 14.4 Å². The number of carbonyl (C=O) groups excluding carboxylic acids is 1. The molecule has 2 heterocycles. The first kappa shape index (κ1) is 14.5. The maximum atomic E-state index is 12.5. The molecule has 0 unspecified atom stereocenters. The number of aliphatic imine (C=N–C) groups is 1. The monoisotopic (exact) mass is 311 g/mol. The lowest BCUT2D eigenvalue weighted by molar-refractivity contribution is 0.106. The van der Waals surface area contributed by atoms with E-state index in [1.54, 1.807) is 36.7 Å². The summed E-state index contributed by atoms with van der Waals surface area (Å²) in [5, 5.41) is -0.117. The van der Waals surface area contributed by atoms with Gasteiger partial charge in [-0.25, -0.2) is 0 Å². The maximum absolute atomic E-state index is 12.5. The van der Waals surface area contributed by atoms with Gasteiger partial charge in [0.2, 0.25) is 5.78 Å². The Hall–Kier alpha value is -2.47. The number of pyridine rings is 1. The third-order valence-electron chi connectivity index (χ3n) is 3.00. The number of ketones is 1. The first-order valence-electron chi connectivity index (χ1n) is 6.74. The van der Waals surface area contributed by atoms with Crippen molar-refractivity contribution in [1.29, 1.82) is 0 Å². The molecule has 6 heteroatoms. The van der Waals surface area contributed by atoms with E-state index in [-0.39, 0.29) is 17.1 Å². The number of benzene rings is 1. The summed E-state index contributed by atoms with van der Waals surface area (Å²) in [5.74, 6) is 0.425. The fourth-order valence-corrected chi connectivity index (χ4v) is 2.50. The van der Waals surface area contributed by atoms with E-state index in [1.165, 1.54) is 11.9 Å². The van der Waals surface area contributed by atoms with Crippen molar-refractivity contribution in [3.05, 3.63) is 60.4 Å². The van der Waals surface area contributed by atoms with Crippen LogP contribution >= 0.6 is 11.9 Å². The second kappa shape index (κ2) is 6.53. The van der Waals surface area contributed by atoms with Crippen LogP contribution < -0.4 is 4.74 Å². The minimum Gasteiger partial charge on any atom is -0.422 e. The van der Waals surface area contributed by atoms with Crippen LogP contribution in [0, 0.1) is 0 Å². The highest BCUT2D eigenvalue weighted by Gasteiger charge is 2.26. The zero-order chi connectivity index (χ0) is 15.4. The lowest BCUT2D eigenvalue weighted by Gasteiger charge is -2.16. The number of rotatable bonds is 3. The molecule has 0 amide bonds. The number of hydrogen-bond donors (Lipinski definition) is 0. The molecule has 0 bridgehead atoms. The van der Waals surface area contributed by atoms with Crippen molar-refractivity contribution in [2.75, 3.05) is 0 Å². The Bertz CT molecular complexity index is 730. The highest BCUT2D eigenvalue weighted by atomic mass is 32.2. The SMILES string of the molecule is C[C@H]1SN=C(Oc2cccnc2)N=C1C(=O)c1ccccc1. The number of Topliss-reactive ketones (excluding diaryl/α,β-unsaturated/α-hetero) is 1. The Morgan fingerprint density at radius 3 is 2.73 bits per heavy atom. The molecular weight excluding hydrogens is 298 g/mol. The summed E-state index contributed by atoms with van der Waals surface area (Å²) in [7, 11) is 0. The van der Waals surface area contributed by atoms with Crippen molar-refractivity contribution >= 4 is 29.5 Å². The van der Waals surface area contributed by atoms with Crippen molar-refractivity contribution in [3.8, 4) is 5.75 Å². The van der Waals surface area contributed by atoms with E-state index >= 15 is 0 Å². The van der Waals surface area contributed by atoms with Gasteiger partial charge in [0.1, 0.15) is 11.5 Å². The number of hydrogen-bond acceptors (Lipinski definition) is 6. The summed E-state index contributed by atoms with van der Waals surface area (Å²) in [6, 6.07) is 12.8. The molecular formula is C16H13N3O2S. The van der Waals surface area contributed by atoms with Crippen LogP contribution in [0.4, 0.5) is 0 Å². The Morgan fingerprint density at radius 2 is 2.00 bits per heavy atom. The number of aromatic nitrogens is 1. The van der Waals surface area contributed by atoms with Gasteiger partial charge in [-0.05, 0) is 31.0 Å². The maximum Gasteiger partial charge on any atom is 0.329 e. The molecule has 1 aromatic carbocycles. The number of nitrogens with zero attached hydrogens (tertiary/aromatic N) is 3. The van der Waals surface area contributed by atoms with Gasteiger partial charge >= 0.3 is 6.02 Å². The van der Waals surface area contributed by atoms with Crippen LogP contribution in [-0.2, 0) is 0 Å². The van der Waals surface area contributed by atoms with Crippen molar-refractivity contribution in [2.45, 2.75) is 12.2 Å². The molecule has 2 aromatic rings. The number of carbonyl (C=O) groups is 1. The molecule has 1 atom stereocenters. The summed E-state index contributed by atoms with van der Waals surface area (Å²) < 4.78 is 9.72. The van der Waals surface area contributed by atoms with E-state index < -0.39 is 0 Å². The van der Waals surface area contributed by atoms with Crippen molar-refractivity contribution in [1.82, 2.24) is 4.98 Å². The fraction of sp³-hybridized carbons (Fsp3) is 0.125. The highest BCUT2D eigenvalue weighted by molar-refractivity contribution is 7.99. The van der Waals surface area contributed by atoms with E-state index in [0.717, 1.165) is 0 Å². The average Bonchev–Trinajstić information content (AvgIpc) is 2.58. The van der Waals surface area contributed by atoms with Crippen LogP contribution in [0.3, 0.4) is 0 Å². The summed E-state index contributed by atoms with van der Waals surface area (Å²) in [6.45, 7) is 1.90. The van der Waals surface area contributed by atoms with E-state index in [9.17, 15) is 4.79 Å². The standard InChI is InChI=1S/C16H13N3O2S/c1-11-14(15(20)12-6-3-2-4-7-12)18-16(19-22-11)21-13-8-5-9-17-10-13/h2-11H,1H3/t11-/m1/s1. The average molecular weight is 311 g/mol. The van der Waals surface area contributed by atoms with Gasteiger partial charge in [0.25, 0.3) is 0 Å². The van der Waals surface area contributed by atoms with Gasteiger partial charge in [0.05, 0.1) is 11.4 Å².